The molecule has 0 aromatic carbocycles. The summed E-state index contributed by atoms with van der Waals surface area (Å²) in [6.07, 6.45) is 0. The third-order valence-corrected chi connectivity index (χ3v) is 8.35. The van der Waals surface area contributed by atoms with Crippen LogP contribution in [0.2, 0.25) is 0 Å². The Morgan fingerprint density at radius 2 is 0.897 bits per heavy atom. The Labute approximate surface area is 165 Å². The minimum absolute atomic E-state index is 0. The predicted molar refractivity (Wildman–Crippen MR) is 88.6 cm³/mol. The average Bonchev–Trinajstić information content (AvgIpc) is 2.22. The number of nitrogens with zero attached hydrogens (tertiary/aromatic N) is 2. The average molecular weight is 538 g/mol. The number of halogens is 8. The molecule has 1 aliphatic heterocycles. The van der Waals surface area contributed by atoms with Gasteiger partial charge in [0.15, 0.2) is 40.1 Å². The van der Waals surface area contributed by atoms with Gasteiger partial charge in [-0.3, -0.25) is 0 Å². The highest BCUT2D eigenvalue weighted by Gasteiger charge is 2.58. The van der Waals surface area contributed by atoms with Crippen LogP contribution in [-0.2, 0) is 40.1 Å². The first-order chi connectivity index (χ1) is 10.4. The van der Waals surface area contributed by atoms with Gasteiger partial charge in [-0.05, 0) is 0 Å². The van der Waals surface area contributed by atoms with Gasteiger partial charge in [0.2, 0.25) is 0 Å². The Hall–Kier alpha value is -0.840. The molecule has 1 saturated heterocycles. The van der Waals surface area contributed by atoms with Gasteiger partial charge in [0.25, 0.3) is 0 Å². The zero-order chi connectivity index (χ0) is 20.9. The van der Waals surface area contributed by atoms with E-state index in [4.69, 9.17) is 0 Å². The van der Waals surface area contributed by atoms with E-state index in [9.17, 15) is 68.8 Å². The molecule has 0 radical (unpaired) electrons. The van der Waals surface area contributed by atoms with E-state index >= 15 is 0 Å². The van der Waals surface area contributed by atoms with Crippen LogP contribution < -0.4 is 0 Å². The summed E-state index contributed by atoms with van der Waals surface area (Å²) in [5.41, 5.74) is -12.4. The minimum atomic E-state index is -6.72. The van der Waals surface area contributed by atoms with Crippen molar-refractivity contribution in [1.29, 1.82) is 0 Å². The van der Waals surface area contributed by atoms with Crippen LogP contribution in [-0.4, -0.2) is 49.3 Å². The van der Waals surface area contributed by atoms with Gasteiger partial charge in [0, 0.05) is 0 Å². The lowest BCUT2D eigenvalue weighted by molar-refractivity contribution is -0.0444. The molecule has 10 nitrogen and oxygen atoms in total. The van der Waals surface area contributed by atoms with Crippen molar-refractivity contribution in [3.63, 3.8) is 0 Å². The van der Waals surface area contributed by atoms with Crippen LogP contribution >= 0.6 is 0 Å². The van der Waals surface area contributed by atoms with Crippen LogP contribution in [0.3, 0.4) is 0 Å². The predicted octanol–water partition coefficient (Wildman–Crippen LogP) is 3.41. The molecule has 1 heterocycles. The normalized spacial score (nSPS) is 19.2. The third-order valence-electron chi connectivity index (χ3n) is 1.58. The van der Waals surface area contributed by atoms with Gasteiger partial charge < -0.3 is 8.25 Å². The van der Waals surface area contributed by atoms with Gasteiger partial charge >= 0.3 is 18.5 Å². The molecule has 0 aromatic rings. The van der Waals surface area contributed by atoms with Gasteiger partial charge in [-0.25, -0.2) is 33.7 Å². The summed E-state index contributed by atoms with van der Waals surface area (Å²) < 4.78 is 169. The van der Waals surface area contributed by atoms with Gasteiger partial charge in [-0.15, -0.1) is 0 Å². The molecule has 0 amide bonds. The second-order valence-corrected chi connectivity index (χ2v) is 10.6. The molecule has 1 aliphatic rings. The number of hydrogen-bond donors (Lipinski definition) is 0. The minimum Gasteiger partial charge on any atom is -0.424 e. The lowest BCUT2D eigenvalue weighted by Crippen LogP contribution is -2.47. The van der Waals surface area contributed by atoms with E-state index in [2.05, 4.69) is 0 Å². The maximum absolute atomic E-state index is 11.8. The summed E-state index contributed by atoms with van der Waals surface area (Å²) >= 11 is 0. The molecular formula is C7H18F8N2O8S4. The molecular weight excluding hydrogens is 520 g/mol. The van der Waals surface area contributed by atoms with Crippen molar-refractivity contribution < 1.29 is 71.6 Å². The van der Waals surface area contributed by atoms with Crippen LogP contribution in [0.25, 0.3) is 8.25 Å². The number of rotatable bonds is 2. The largest absolute Gasteiger partial charge is 1.00 e. The first-order valence-electron chi connectivity index (χ1n) is 4.39. The lowest BCUT2D eigenvalue weighted by Gasteiger charge is -2.38. The summed E-state index contributed by atoms with van der Waals surface area (Å²) in [7, 11) is -23.6. The molecule has 0 atom stereocenters. The van der Waals surface area contributed by atoms with Crippen molar-refractivity contribution in [2.24, 2.45) is 0 Å². The summed E-state index contributed by atoms with van der Waals surface area (Å²) in [5.74, 6) is 0. The molecule has 0 saturated carbocycles. The molecule has 1 rings (SSSR count). The number of sulfonamides is 4. The first kappa shape index (κ1) is 38.7. The Morgan fingerprint density at radius 1 is 0.690 bits per heavy atom. The maximum atomic E-state index is 11.8. The Morgan fingerprint density at radius 3 is 0.966 bits per heavy atom. The van der Waals surface area contributed by atoms with Crippen molar-refractivity contribution in [2.75, 3.05) is 0 Å². The van der Waals surface area contributed by atoms with Crippen molar-refractivity contribution in [3.05, 3.63) is 8.25 Å². The highest BCUT2D eigenvalue weighted by atomic mass is 32.3. The number of hydrogen-bond acceptors (Lipinski definition) is 8. The lowest BCUT2D eigenvalue weighted by atomic mass is 11.6. The third kappa shape index (κ3) is 7.73. The zero-order valence-corrected chi connectivity index (χ0v) is 13.6. The molecule has 0 spiro atoms. The van der Waals surface area contributed by atoms with Gasteiger partial charge in [-0.1, -0.05) is 29.7 Å². The maximum Gasteiger partial charge on any atom is 1.00 e. The Bertz CT molecular complexity index is 882. The van der Waals surface area contributed by atoms with E-state index in [1.54, 1.807) is 0 Å². The van der Waals surface area contributed by atoms with Gasteiger partial charge in [-0.2, -0.15) is 35.1 Å². The van der Waals surface area contributed by atoms with Crippen molar-refractivity contribution >= 4 is 40.1 Å². The van der Waals surface area contributed by atoms with Gasteiger partial charge in [0.1, 0.15) is 0 Å². The monoisotopic (exact) mass is 538 g/mol. The van der Waals surface area contributed by atoms with E-state index in [0.717, 1.165) is 4.13 Å². The SMILES string of the molecule is C.C.C.C.O=S(=O)([N-]S(=O)(=O)C(F)(F)F)C(F)(F)F.O=S1(=O)[N-]S(=O)(=O)C1(F)F.[H+].[H+]. The van der Waals surface area contributed by atoms with Crippen LogP contribution in [0, 0.1) is 0 Å². The summed E-state index contributed by atoms with van der Waals surface area (Å²) in [6.45, 7) is 0. The highest BCUT2D eigenvalue weighted by molar-refractivity contribution is 8.29. The van der Waals surface area contributed by atoms with Crippen LogP contribution in [0.5, 0.6) is 0 Å². The standard InChI is InChI=1S/C2F6NO4S2.CF2NO4S2.4CH4/c3-1(4,5)14(10,11)9-15(12,13)2(6,7)8;2-1(3)9(5,6)4-10(1,7)8;;;;/h;;4*1H4/q2*-1;;;;/p+2. The molecule has 0 N–H and O–H groups in total. The first-order valence-corrected chi connectivity index (χ1v) is 10.2. The summed E-state index contributed by atoms with van der Waals surface area (Å²) in [4.78, 5) is 0. The van der Waals surface area contributed by atoms with E-state index in [-0.39, 0.29) is 32.6 Å². The van der Waals surface area contributed by atoms with E-state index < -0.39 is 55.7 Å². The van der Waals surface area contributed by atoms with Gasteiger partial charge in [0.05, 0.1) is 0 Å². The Balaban J connectivity index is -0.0000000649. The quantitative estimate of drug-likeness (QED) is 0.483. The Kier molecular flexibility index (Phi) is 13.3. The number of alkyl halides is 8. The smallest absolute Gasteiger partial charge is 0.424 e. The fourth-order valence-corrected chi connectivity index (χ4v) is 4.81. The van der Waals surface area contributed by atoms with E-state index in [1.165, 1.54) is 0 Å². The highest BCUT2D eigenvalue weighted by Crippen LogP contribution is 2.47. The zero-order valence-electron chi connectivity index (χ0n) is 12.3. The van der Waals surface area contributed by atoms with Crippen LogP contribution in [0.1, 0.15) is 32.6 Å². The van der Waals surface area contributed by atoms with Crippen molar-refractivity contribution in [3.8, 4) is 0 Å². The molecule has 22 heteroatoms. The topological polar surface area (TPSA) is 165 Å². The molecule has 1 fully saturated rings. The second-order valence-electron chi connectivity index (χ2n) is 3.40. The fourth-order valence-electron chi connectivity index (χ4n) is 0.534. The van der Waals surface area contributed by atoms with E-state index in [1.807, 2.05) is 4.13 Å². The molecule has 184 valence electrons. The van der Waals surface area contributed by atoms with Crippen LogP contribution in [0.15, 0.2) is 0 Å². The van der Waals surface area contributed by atoms with Crippen LogP contribution in [0.4, 0.5) is 35.1 Å². The molecule has 29 heavy (non-hydrogen) atoms. The molecule has 0 aliphatic carbocycles. The molecule has 0 bridgehead atoms. The molecule has 0 aromatic heterocycles. The molecule has 0 unspecified atom stereocenters. The summed E-state index contributed by atoms with van der Waals surface area (Å²) in [5, 5.41) is 0. The fraction of sp³-hybridized carbons (Fsp3) is 1.00. The second kappa shape index (κ2) is 9.98. The van der Waals surface area contributed by atoms with Crippen molar-refractivity contribution in [2.45, 2.75) is 45.3 Å². The van der Waals surface area contributed by atoms with E-state index in [0.29, 0.717) is 0 Å². The summed E-state index contributed by atoms with van der Waals surface area (Å²) in [6, 6.07) is 0. The van der Waals surface area contributed by atoms with Crippen molar-refractivity contribution in [1.82, 2.24) is 0 Å².